The summed E-state index contributed by atoms with van der Waals surface area (Å²) in [6.07, 6.45) is 8.36. The smallest absolute Gasteiger partial charge is 0.190 e. The van der Waals surface area contributed by atoms with Gasteiger partial charge in [0.05, 0.1) is 11.4 Å². The van der Waals surface area contributed by atoms with Crippen molar-refractivity contribution in [1.29, 1.82) is 0 Å². The van der Waals surface area contributed by atoms with Crippen LogP contribution in [0.4, 0.5) is 11.4 Å². The standard InChI is InChI=1S/C22H28N2O2/c1-13-6-5-7-14(10-13)24-20-12-18-17(11-19(20)23-2)21(25)15-8-3-4-9-16(15)22(18)26/h11-14,23-24H,3-10H2,1-2H3. The minimum atomic E-state index is 0.0589. The van der Waals surface area contributed by atoms with Crippen LogP contribution >= 0.6 is 0 Å². The third-order valence-corrected chi connectivity index (χ3v) is 6.23. The molecule has 0 aromatic heterocycles. The number of rotatable bonds is 3. The molecule has 26 heavy (non-hydrogen) atoms. The molecule has 4 heteroatoms. The summed E-state index contributed by atoms with van der Waals surface area (Å²) in [6, 6.07) is 4.23. The Labute approximate surface area is 155 Å². The summed E-state index contributed by atoms with van der Waals surface area (Å²) in [4.78, 5) is 26.0. The van der Waals surface area contributed by atoms with Crippen LogP contribution in [0.5, 0.6) is 0 Å². The largest absolute Gasteiger partial charge is 0.386 e. The van der Waals surface area contributed by atoms with Crippen LogP contribution in [0.25, 0.3) is 0 Å². The van der Waals surface area contributed by atoms with Crippen molar-refractivity contribution in [2.24, 2.45) is 5.92 Å². The van der Waals surface area contributed by atoms with Gasteiger partial charge in [-0.2, -0.15) is 0 Å². The molecule has 3 aliphatic carbocycles. The molecule has 2 atom stereocenters. The predicted octanol–water partition coefficient (Wildman–Crippen LogP) is 4.97. The molecule has 3 aliphatic rings. The molecule has 138 valence electrons. The van der Waals surface area contributed by atoms with Gasteiger partial charge in [-0.15, -0.1) is 0 Å². The van der Waals surface area contributed by atoms with E-state index in [4.69, 9.17) is 0 Å². The highest BCUT2D eigenvalue weighted by Gasteiger charge is 2.34. The number of hydrogen-bond acceptors (Lipinski definition) is 4. The van der Waals surface area contributed by atoms with E-state index in [-0.39, 0.29) is 11.6 Å². The number of anilines is 2. The molecule has 0 heterocycles. The topological polar surface area (TPSA) is 58.2 Å². The summed E-state index contributed by atoms with van der Waals surface area (Å²) in [5, 5.41) is 6.86. The number of carbonyl (C=O) groups is 2. The maximum absolute atomic E-state index is 13.0. The average Bonchev–Trinajstić information content (AvgIpc) is 2.66. The Bertz CT molecular complexity index is 794. The van der Waals surface area contributed by atoms with Gasteiger partial charge in [0.15, 0.2) is 11.6 Å². The number of ketones is 2. The van der Waals surface area contributed by atoms with E-state index in [0.29, 0.717) is 17.2 Å². The van der Waals surface area contributed by atoms with Crippen LogP contribution in [-0.4, -0.2) is 24.7 Å². The van der Waals surface area contributed by atoms with Gasteiger partial charge in [0.1, 0.15) is 0 Å². The van der Waals surface area contributed by atoms with E-state index < -0.39 is 0 Å². The molecule has 1 fully saturated rings. The van der Waals surface area contributed by atoms with E-state index in [1.54, 1.807) is 0 Å². The molecule has 1 saturated carbocycles. The lowest BCUT2D eigenvalue weighted by atomic mass is 9.77. The predicted molar refractivity (Wildman–Crippen MR) is 105 cm³/mol. The van der Waals surface area contributed by atoms with Gasteiger partial charge in [0.25, 0.3) is 0 Å². The summed E-state index contributed by atoms with van der Waals surface area (Å²) >= 11 is 0. The van der Waals surface area contributed by atoms with Crippen molar-refractivity contribution < 1.29 is 9.59 Å². The molecular formula is C22H28N2O2. The molecule has 0 aliphatic heterocycles. The van der Waals surface area contributed by atoms with Crippen molar-refractivity contribution in [3.63, 3.8) is 0 Å². The van der Waals surface area contributed by atoms with Crippen LogP contribution in [-0.2, 0) is 0 Å². The highest BCUT2D eigenvalue weighted by Crippen LogP contribution is 2.39. The van der Waals surface area contributed by atoms with E-state index >= 15 is 0 Å². The molecule has 4 nitrogen and oxygen atoms in total. The second kappa shape index (κ2) is 6.90. The Hall–Kier alpha value is -2.10. The van der Waals surface area contributed by atoms with Crippen LogP contribution in [0.2, 0.25) is 0 Å². The number of nitrogens with one attached hydrogen (secondary N) is 2. The van der Waals surface area contributed by atoms with E-state index in [9.17, 15) is 9.59 Å². The Balaban J connectivity index is 1.70. The first-order chi connectivity index (χ1) is 12.6. The molecule has 0 spiro atoms. The van der Waals surface area contributed by atoms with Gasteiger partial charge >= 0.3 is 0 Å². The fraction of sp³-hybridized carbons (Fsp3) is 0.545. The molecule has 4 rings (SSSR count). The highest BCUT2D eigenvalue weighted by atomic mass is 16.1. The van der Waals surface area contributed by atoms with Crippen molar-refractivity contribution in [3.8, 4) is 0 Å². The summed E-state index contributed by atoms with van der Waals surface area (Å²) in [5.41, 5.74) is 4.54. The van der Waals surface area contributed by atoms with E-state index in [0.717, 1.165) is 67.0 Å². The van der Waals surface area contributed by atoms with Crippen LogP contribution in [0.3, 0.4) is 0 Å². The normalized spacial score (nSPS) is 25.6. The van der Waals surface area contributed by atoms with Gasteiger partial charge in [-0.25, -0.2) is 0 Å². The zero-order chi connectivity index (χ0) is 18.3. The van der Waals surface area contributed by atoms with Crippen molar-refractivity contribution in [2.75, 3.05) is 17.7 Å². The third-order valence-electron chi connectivity index (χ3n) is 6.23. The van der Waals surface area contributed by atoms with Gasteiger partial charge < -0.3 is 10.6 Å². The zero-order valence-electron chi connectivity index (χ0n) is 15.8. The minimum Gasteiger partial charge on any atom is -0.386 e. The Morgan fingerprint density at radius 3 is 2.08 bits per heavy atom. The number of allylic oxidation sites excluding steroid dienone is 2. The molecule has 1 aromatic carbocycles. The fourth-order valence-electron chi connectivity index (χ4n) is 4.82. The first-order valence-electron chi connectivity index (χ1n) is 10.0. The molecule has 0 bridgehead atoms. The number of benzene rings is 1. The quantitative estimate of drug-likeness (QED) is 0.806. The first-order valence-corrected chi connectivity index (χ1v) is 10.0. The monoisotopic (exact) mass is 352 g/mol. The molecule has 2 N–H and O–H groups in total. The van der Waals surface area contributed by atoms with Gasteiger partial charge in [-0.3, -0.25) is 9.59 Å². The van der Waals surface area contributed by atoms with Gasteiger partial charge in [0.2, 0.25) is 0 Å². The Morgan fingerprint density at radius 1 is 0.885 bits per heavy atom. The number of hydrogen-bond donors (Lipinski definition) is 2. The van der Waals surface area contributed by atoms with Gasteiger partial charge in [-0.05, 0) is 56.6 Å². The number of fused-ring (bicyclic) bond motifs is 1. The highest BCUT2D eigenvalue weighted by molar-refractivity contribution is 6.27. The van der Waals surface area contributed by atoms with Crippen LogP contribution in [0, 0.1) is 5.92 Å². The van der Waals surface area contributed by atoms with E-state index in [1.807, 2.05) is 19.2 Å². The lowest BCUT2D eigenvalue weighted by molar-refractivity contribution is 0.0964. The molecule has 1 aromatic rings. The first kappa shape index (κ1) is 17.3. The van der Waals surface area contributed by atoms with E-state index in [1.165, 1.54) is 12.8 Å². The Kier molecular flexibility index (Phi) is 4.60. The lowest BCUT2D eigenvalue weighted by Gasteiger charge is -2.30. The summed E-state index contributed by atoms with van der Waals surface area (Å²) in [7, 11) is 1.87. The molecule has 2 unspecified atom stereocenters. The molecule has 0 saturated heterocycles. The number of Topliss-reactive ketones (excluding diaryl/α,β-unsaturated/α-hetero) is 2. The second-order valence-corrected chi connectivity index (χ2v) is 8.13. The summed E-state index contributed by atoms with van der Waals surface area (Å²) in [6.45, 7) is 2.30. The maximum Gasteiger partial charge on any atom is 0.190 e. The summed E-state index contributed by atoms with van der Waals surface area (Å²) in [5.74, 6) is 0.857. The van der Waals surface area contributed by atoms with Crippen molar-refractivity contribution in [2.45, 2.75) is 64.3 Å². The minimum absolute atomic E-state index is 0.0589. The average molecular weight is 352 g/mol. The van der Waals surface area contributed by atoms with Crippen molar-refractivity contribution >= 4 is 22.9 Å². The van der Waals surface area contributed by atoms with Crippen LogP contribution < -0.4 is 10.6 Å². The Morgan fingerprint density at radius 2 is 1.50 bits per heavy atom. The second-order valence-electron chi connectivity index (χ2n) is 8.13. The van der Waals surface area contributed by atoms with Crippen LogP contribution in [0.1, 0.15) is 79.0 Å². The van der Waals surface area contributed by atoms with Gasteiger partial charge in [0, 0.05) is 35.4 Å². The SMILES string of the molecule is CNc1cc2c(cc1NC1CCCC(C)C1)C(=O)C1=C(CCCC1)C2=O. The zero-order valence-corrected chi connectivity index (χ0v) is 15.8. The third kappa shape index (κ3) is 2.95. The van der Waals surface area contributed by atoms with Gasteiger partial charge in [-0.1, -0.05) is 19.8 Å². The maximum atomic E-state index is 13.0. The van der Waals surface area contributed by atoms with Crippen molar-refractivity contribution in [1.82, 2.24) is 0 Å². The summed E-state index contributed by atoms with van der Waals surface area (Å²) < 4.78 is 0. The number of carbonyl (C=O) groups excluding carboxylic acids is 2. The van der Waals surface area contributed by atoms with Crippen LogP contribution in [0.15, 0.2) is 23.3 Å². The van der Waals surface area contributed by atoms with Crippen molar-refractivity contribution in [3.05, 3.63) is 34.4 Å². The fourth-order valence-corrected chi connectivity index (χ4v) is 4.82. The molecule has 0 radical (unpaired) electrons. The lowest BCUT2D eigenvalue weighted by Crippen LogP contribution is -2.28. The molecule has 0 amide bonds. The van der Waals surface area contributed by atoms with E-state index in [2.05, 4.69) is 17.6 Å². The molecular weight excluding hydrogens is 324 g/mol.